The zero-order valence-corrected chi connectivity index (χ0v) is 12.3. The highest BCUT2D eigenvalue weighted by Gasteiger charge is 2.13. The third-order valence-electron chi connectivity index (χ3n) is 2.22. The summed E-state index contributed by atoms with van der Waals surface area (Å²) in [7, 11) is 0. The molecule has 0 unspecified atom stereocenters. The minimum atomic E-state index is -0.382. The normalized spacial score (nSPS) is 10.5. The summed E-state index contributed by atoms with van der Waals surface area (Å²) in [6.07, 6.45) is 3.59. The molecule has 17 heavy (non-hydrogen) atoms. The zero-order valence-electron chi connectivity index (χ0n) is 8.51. The number of nitro groups is 1. The van der Waals surface area contributed by atoms with Crippen molar-refractivity contribution in [2.45, 2.75) is 5.33 Å². The van der Waals surface area contributed by atoms with Crippen LogP contribution in [0.4, 0.5) is 5.69 Å². The molecule has 88 valence electrons. The van der Waals surface area contributed by atoms with E-state index in [4.69, 9.17) is 0 Å². The van der Waals surface area contributed by atoms with Crippen molar-refractivity contribution in [3.8, 4) is 5.69 Å². The Balaban J connectivity index is 2.48. The molecule has 0 radical (unpaired) electrons. The van der Waals surface area contributed by atoms with Gasteiger partial charge in [0.1, 0.15) is 0 Å². The predicted molar refractivity (Wildman–Crippen MR) is 75.6 cm³/mol. The lowest BCUT2D eigenvalue weighted by Crippen LogP contribution is -1.98. The molecule has 2 aromatic rings. The highest BCUT2D eigenvalue weighted by atomic mass is 127. The van der Waals surface area contributed by atoms with Crippen LogP contribution >= 0.6 is 38.5 Å². The molecule has 0 atom stereocenters. The second-order valence-electron chi connectivity index (χ2n) is 3.31. The van der Waals surface area contributed by atoms with Crippen LogP contribution in [-0.2, 0) is 5.33 Å². The molecular weight excluding hydrogens is 401 g/mol. The van der Waals surface area contributed by atoms with Crippen molar-refractivity contribution in [2.75, 3.05) is 0 Å². The Hall–Kier alpha value is -0.960. The van der Waals surface area contributed by atoms with Gasteiger partial charge >= 0.3 is 0 Å². The quantitative estimate of drug-likeness (QED) is 0.339. The van der Waals surface area contributed by atoms with Crippen molar-refractivity contribution < 1.29 is 4.92 Å². The van der Waals surface area contributed by atoms with E-state index in [0.29, 0.717) is 10.9 Å². The fraction of sp³-hybridized carbons (Fsp3) is 0.100. The first kappa shape index (κ1) is 12.5. The number of aromatic nitrogens is 2. The lowest BCUT2D eigenvalue weighted by atomic mass is 10.2. The van der Waals surface area contributed by atoms with Crippen LogP contribution in [0.3, 0.4) is 0 Å². The van der Waals surface area contributed by atoms with Crippen LogP contribution in [-0.4, -0.2) is 14.7 Å². The van der Waals surface area contributed by atoms with Crippen molar-refractivity contribution >= 4 is 44.2 Å². The predicted octanol–water partition coefficient (Wildman–Crippen LogP) is 3.28. The number of nitro benzene ring substituents is 1. The van der Waals surface area contributed by atoms with Gasteiger partial charge in [-0.1, -0.05) is 15.9 Å². The molecule has 0 saturated carbocycles. The Kier molecular flexibility index (Phi) is 3.77. The largest absolute Gasteiger partial charge is 0.273 e. The van der Waals surface area contributed by atoms with Gasteiger partial charge in [0.15, 0.2) is 0 Å². The molecule has 5 nitrogen and oxygen atoms in total. The zero-order chi connectivity index (χ0) is 12.4. The van der Waals surface area contributed by atoms with Crippen LogP contribution in [0.5, 0.6) is 0 Å². The Morgan fingerprint density at radius 2 is 2.29 bits per heavy atom. The van der Waals surface area contributed by atoms with Gasteiger partial charge in [0.2, 0.25) is 0 Å². The van der Waals surface area contributed by atoms with E-state index in [1.165, 1.54) is 6.07 Å². The highest BCUT2D eigenvalue weighted by molar-refractivity contribution is 14.1. The van der Waals surface area contributed by atoms with Crippen molar-refractivity contribution in [1.82, 2.24) is 9.78 Å². The van der Waals surface area contributed by atoms with Crippen LogP contribution in [0.1, 0.15) is 5.56 Å². The van der Waals surface area contributed by atoms with E-state index in [-0.39, 0.29) is 10.6 Å². The first-order valence-corrected chi connectivity index (χ1v) is 6.85. The van der Waals surface area contributed by atoms with Gasteiger partial charge in [-0.3, -0.25) is 10.1 Å². The summed E-state index contributed by atoms with van der Waals surface area (Å²) in [6.45, 7) is 0. The lowest BCUT2D eigenvalue weighted by molar-refractivity contribution is -0.385. The second-order valence-corrected chi connectivity index (χ2v) is 5.11. The number of halogens is 2. The van der Waals surface area contributed by atoms with E-state index in [9.17, 15) is 10.1 Å². The molecule has 1 aromatic heterocycles. The van der Waals surface area contributed by atoms with Crippen molar-refractivity contribution in [3.63, 3.8) is 0 Å². The summed E-state index contributed by atoms with van der Waals surface area (Å²) in [5.74, 6) is 0. The molecule has 0 N–H and O–H groups in total. The molecular formula is C10H7BrIN3O2. The lowest BCUT2D eigenvalue weighted by Gasteiger charge is -2.04. The molecule has 1 aromatic carbocycles. The molecule has 2 rings (SSSR count). The Bertz CT molecular complexity index is 570. The molecule has 7 heteroatoms. The van der Waals surface area contributed by atoms with Gasteiger partial charge in [-0.05, 0) is 34.7 Å². The van der Waals surface area contributed by atoms with Gasteiger partial charge in [-0.15, -0.1) is 0 Å². The Morgan fingerprint density at radius 1 is 1.53 bits per heavy atom. The molecule has 0 saturated heterocycles. The molecule has 0 amide bonds. The summed E-state index contributed by atoms with van der Waals surface area (Å²) in [5.41, 5.74) is 1.57. The minimum absolute atomic E-state index is 0.118. The van der Waals surface area contributed by atoms with E-state index >= 15 is 0 Å². The van der Waals surface area contributed by atoms with Gasteiger partial charge in [0, 0.05) is 23.2 Å². The monoisotopic (exact) mass is 407 g/mol. The topological polar surface area (TPSA) is 61.0 Å². The fourth-order valence-corrected chi connectivity index (χ4v) is 2.28. The van der Waals surface area contributed by atoms with Crippen molar-refractivity contribution in [3.05, 3.63) is 49.8 Å². The summed E-state index contributed by atoms with van der Waals surface area (Å²) in [6, 6.07) is 4.95. The first-order valence-electron chi connectivity index (χ1n) is 4.65. The Morgan fingerprint density at radius 3 is 2.82 bits per heavy atom. The van der Waals surface area contributed by atoms with Crippen LogP contribution in [0.2, 0.25) is 0 Å². The van der Waals surface area contributed by atoms with Gasteiger partial charge in [0.05, 0.1) is 20.4 Å². The molecule has 0 aliphatic heterocycles. The van der Waals surface area contributed by atoms with Crippen LogP contribution in [0, 0.1) is 13.7 Å². The van der Waals surface area contributed by atoms with E-state index < -0.39 is 0 Å². The van der Waals surface area contributed by atoms with E-state index in [0.717, 1.165) is 9.26 Å². The first-order chi connectivity index (χ1) is 8.11. The van der Waals surface area contributed by atoms with Crippen molar-refractivity contribution in [1.29, 1.82) is 0 Å². The smallest absolute Gasteiger partial charge is 0.258 e. The van der Waals surface area contributed by atoms with Crippen molar-refractivity contribution in [2.24, 2.45) is 0 Å². The fourth-order valence-electron chi connectivity index (χ4n) is 1.44. The molecule has 0 fully saturated rings. The number of rotatable bonds is 3. The number of hydrogen-bond donors (Lipinski definition) is 0. The number of hydrogen-bond acceptors (Lipinski definition) is 3. The summed E-state index contributed by atoms with van der Waals surface area (Å²) >= 11 is 5.41. The molecule has 0 spiro atoms. The number of nitrogens with zero attached hydrogens (tertiary/aromatic N) is 3. The van der Waals surface area contributed by atoms with E-state index in [1.54, 1.807) is 23.0 Å². The molecule has 0 bridgehead atoms. The van der Waals surface area contributed by atoms with Gasteiger partial charge in [-0.25, -0.2) is 4.68 Å². The minimum Gasteiger partial charge on any atom is -0.258 e. The third kappa shape index (κ3) is 2.65. The second kappa shape index (κ2) is 5.13. The summed E-state index contributed by atoms with van der Waals surface area (Å²) in [5, 5.41) is 15.4. The highest BCUT2D eigenvalue weighted by Crippen LogP contribution is 2.24. The maximum atomic E-state index is 10.8. The SMILES string of the molecule is O=[N+]([O-])c1ccc(-n2cc(I)cn2)cc1CBr. The maximum absolute atomic E-state index is 10.8. The molecule has 0 aliphatic rings. The number of benzene rings is 1. The standard InChI is InChI=1S/C10H7BrIN3O2/c11-4-7-3-9(1-2-10(7)15(16)17)14-6-8(12)5-13-14/h1-3,5-6H,4H2. The maximum Gasteiger partial charge on any atom is 0.273 e. The average Bonchev–Trinajstić information content (AvgIpc) is 2.75. The van der Waals surface area contributed by atoms with E-state index in [1.807, 2.05) is 6.20 Å². The third-order valence-corrected chi connectivity index (χ3v) is 3.38. The molecule has 1 heterocycles. The van der Waals surface area contributed by atoms with E-state index in [2.05, 4.69) is 43.6 Å². The van der Waals surface area contributed by atoms with Crippen LogP contribution in [0.15, 0.2) is 30.6 Å². The number of alkyl halides is 1. The molecule has 0 aliphatic carbocycles. The summed E-state index contributed by atoms with van der Waals surface area (Å²) < 4.78 is 2.71. The average molecular weight is 408 g/mol. The van der Waals surface area contributed by atoms with Gasteiger partial charge < -0.3 is 0 Å². The summed E-state index contributed by atoms with van der Waals surface area (Å²) in [4.78, 5) is 10.4. The van der Waals surface area contributed by atoms with Crippen LogP contribution in [0.25, 0.3) is 5.69 Å². The van der Waals surface area contributed by atoms with Crippen LogP contribution < -0.4 is 0 Å². The van der Waals surface area contributed by atoms with Gasteiger partial charge in [0.25, 0.3) is 5.69 Å². The van der Waals surface area contributed by atoms with Gasteiger partial charge in [-0.2, -0.15) is 5.10 Å². The Labute approximate surface area is 119 Å².